The van der Waals surface area contributed by atoms with Crippen LogP contribution in [0, 0.1) is 0 Å². The third-order valence-corrected chi connectivity index (χ3v) is 1.65. The number of aliphatic hydroxyl groups is 1. The molecule has 3 heteroatoms. The van der Waals surface area contributed by atoms with Crippen LogP contribution < -0.4 is 0 Å². The molecule has 1 aliphatic heterocycles. The van der Waals surface area contributed by atoms with Gasteiger partial charge in [-0.05, 0) is 12.8 Å². The van der Waals surface area contributed by atoms with Gasteiger partial charge in [0.1, 0.15) is 6.80 Å². The molecule has 0 aromatic heterocycles. The zero-order chi connectivity index (χ0) is 6.69. The van der Waals surface area contributed by atoms with Crippen LogP contribution in [0.2, 0.25) is 0 Å². The van der Waals surface area contributed by atoms with Crippen molar-refractivity contribution >= 4 is 0 Å². The van der Waals surface area contributed by atoms with Gasteiger partial charge < -0.3 is 5.11 Å². The summed E-state index contributed by atoms with van der Waals surface area (Å²) >= 11 is 0. The average Bonchev–Trinajstić information content (AvgIpc) is 1.88. The second-order valence-corrected chi connectivity index (χ2v) is 2.49. The van der Waals surface area contributed by atoms with Crippen LogP contribution in [0.1, 0.15) is 12.8 Å². The van der Waals surface area contributed by atoms with Crippen molar-refractivity contribution in [3.8, 4) is 0 Å². The first-order chi connectivity index (χ1) is 4.33. The van der Waals surface area contributed by atoms with E-state index in [0.717, 1.165) is 19.4 Å². The number of rotatable bonds is 1. The van der Waals surface area contributed by atoms with Gasteiger partial charge in [0.25, 0.3) is 0 Å². The molecule has 0 bridgehead atoms. The Bertz CT molecular complexity index is 89.1. The SMILES string of the molecule is OC1CCCN(CF)C1. The lowest BCUT2D eigenvalue weighted by molar-refractivity contribution is 0.0480. The van der Waals surface area contributed by atoms with E-state index in [9.17, 15) is 4.39 Å². The van der Waals surface area contributed by atoms with Crippen molar-refractivity contribution in [2.45, 2.75) is 18.9 Å². The minimum atomic E-state index is -0.420. The van der Waals surface area contributed by atoms with E-state index in [-0.39, 0.29) is 6.10 Å². The molecule has 1 heterocycles. The lowest BCUT2D eigenvalue weighted by Crippen LogP contribution is -2.37. The van der Waals surface area contributed by atoms with Crippen molar-refractivity contribution in [3.63, 3.8) is 0 Å². The van der Waals surface area contributed by atoms with Crippen LogP contribution in [0.4, 0.5) is 4.39 Å². The Morgan fingerprint density at radius 3 is 2.89 bits per heavy atom. The minimum absolute atomic E-state index is 0.297. The first-order valence-corrected chi connectivity index (χ1v) is 3.29. The maximum absolute atomic E-state index is 11.9. The third kappa shape index (κ3) is 1.91. The fraction of sp³-hybridized carbons (Fsp3) is 1.00. The second kappa shape index (κ2) is 3.13. The van der Waals surface area contributed by atoms with Gasteiger partial charge in [0, 0.05) is 13.1 Å². The largest absolute Gasteiger partial charge is 0.392 e. The molecule has 1 aliphatic rings. The number of β-amino-alcohol motifs (C(OH)–C–C–N with tert-alkyl or cyclic N) is 1. The number of likely N-dealkylation sites (tertiary alicyclic amines) is 1. The Labute approximate surface area is 54.3 Å². The number of halogens is 1. The summed E-state index contributed by atoms with van der Waals surface area (Å²) in [6.07, 6.45) is 1.45. The summed E-state index contributed by atoms with van der Waals surface area (Å²) in [5.41, 5.74) is 0. The molecule has 1 saturated heterocycles. The van der Waals surface area contributed by atoms with Crippen LogP contribution in [0.5, 0.6) is 0 Å². The molecule has 1 atom stereocenters. The van der Waals surface area contributed by atoms with Crippen LogP contribution >= 0.6 is 0 Å². The molecule has 1 fully saturated rings. The first kappa shape index (κ1) is 6.96. The molecule has 1 unspecified atom stereocenters. The molecule has 0 amide bonds. The molecule has 0 saturated carbocycles. The molecule has 1 N–H and O–H groups in total. The lowest BCUT2D eigenvalue weighted by Gasteiger charge is -2.26. The summed E-state index contributed by atoms with van der Waals surface area (Å²) in [5, 5.41) is 9.00. The Morgan fingerprint density at radius 1 is 1.67 bits per heavy atom. The predicted octanol–water partition coefficient (Wildman–Crippen LogP) is 0.370. The zero-order valence-corrected chi connectivity index (χ0v) is 5.39. The highest BCUT2D eigenvalue weighted by Gasteiger charge is 2.16. The standard InChI is InChI=1S/C6H12FNO/c7-5-8-3-1-2-6(9)4-8/h6,9H,1-5H2. The first-order valence-electron chi connectivity index (χ1n) is 3.29. The van der Waals surface area contributed by atoms with Gasteiger partial charge in [0.05, 0.1) is 6.10 Å². The van der Waals surface area contributed by atoms with Gasteiger partial charge in [-0.25, -0.2) is 4.39 Å². The molecule has 0 aliphatic carbocycles. The summed E-state index contributed by atoms with van der Waals surface area (Å²) in [4.78, 5) is 1.62. The van der Waals surface area contributed by atoms with E-state index in [1.807, 2.05) is 0 Å². The van der Waals surface area contributed by atoms with Gasteiger partial charge in [-0.3, -0.25) is 4.90 Å². The molecule has 0 spiro atoms. The Morgan fingerprint density at radius 2 is 2.44 bits per heavy atom. The fourth-order valence-electron chi connectivity index (χ4n) is 1.14. The molecule has 0 radical (unpaired) electrons. The normalized spacial score (nSPS) is 30.7. The number of alkyl halides is 1. The van der Waals surface area contributed by atoms with Crippen LogP contribution in [-0.2, 0) is 0 Å². The van der Waals surface area contributed by atoms with Crippen LogP contribution in [0.25, 0.3) is 0 Å². The highest BCUT2D eigenvalue weighted by Crippen LogP contribution is 2.08. The molecule has 2 nitrogen and oxygen atoms in total. The maximum Gasteiger partial charge on any atom is 0.143 e. The van der Waals surface area contributed by atoms with Crippen LogP contribution in [-0.4, -0.2) is 36.0 Å². The fourth-order valence-corrected chi connectivity index (χ4v) is 1.14. The van der Waals surface area contributed by atoms with E-state index in [1.165, 1.54) is 0 Å². The lowest BCUT2D eigenvalue weighted by atomic mass is 10.1. The summed E-state index contributed by atoms with van der Waals surface area (Å²) in [6.45, 7) is 0.890. The predicted molar refractivity (Wildman–Crippen MR) is 32.8 cm³/mol. The smallest absolute Gasteiger partial charge is 0.143 e. The van der Waals surface area contributed by atoms with E-state index in [2.05, 4.69) is 0 Å². The summed E-state index contributed by atoms with van der Waals surface area (Å²) < 4.78 is 11.9. The number of hydrogen-bond acceptors (Lipinski definition) is 2. The second-order valence-electron chi connectivity index (χ2n) is 2.49. The van der Waals surface area contributed by atoms with Gasteiger partial charge in [0.15, 0.2) is 0 Å². The molecule has 1 rings (SSSR count). The van der Waals surface area contributed by atoms with Crippen molar-refractivity contribution in [1.29, 1.82) is 0 Å². The molecular weight excluding hydrogens is 121 g/mol. The molecule has 0 aromatic carbocycles. The zero-order valence-electron chi connectivity index (χ0n) is 5.39. The van der Waals surface area contributed by atoms with Crippen molar-refractivity contribution in [1.82, 2.24) is 4.90 Å². The number of nitrogens with zero attached hydrogens (tertiary/aromatic N) is 1. The Balaban J connectivity index is 2.23. The number of aliphatic hydroxyl groups excluding tert-OH is 1. The van der Waals surface area contributed by atoms with Gasteiger partial charge in [-0.15, -0.1) is 0 Å². The average molecular weight is 133 g/mol. The highest BCUT2D eigenvalue weighted by atomic mass is 19.1. The topological polar surface area (TPSA) is 23.5 Å². The van der Waals surface area contributed by atoms with Crippen molar-refractivity contribution in [2.75, 3.05) is 19.9 Å². The quantitative estimate of drug-likeness (QED) is 0.522. The number of hydrogen-bond donors (Lipinski definition) is 1. The molecule has 0 aromatic rings. The molecule has 9 heavy (non-hydrogen) atoms. The van der Waals surface area contributed by atoms with E-state index >= 15 is 0 Å². The summed E-state index contributed by atoms with van der Waals surface area (Å²) in [5.74, 6) is 0. The monoisotopic (exact) mass is 133 g/mol. The van der Waals surface area contributed by atoms with E-state index in [0.29, 0.717) is 6.54 Å². The third-order valence-electron chi connectivity index (χ3n) is 1.65. The van der Waals surface area contributed by atoms with Crippen LogP contribution in [0.15, 0.2) is 0 Å². The van der Waals surface area contributed by atoms with E-state index < -0.39 is 6.80 Å². The summed E-state index contributed by atoms with van der Waals surface area (Å²) in [6, 6.07) is 0. The number of piperidine rings is 1. The van der Waals surface area contributed by atoms with Crippen molar-refractivity contribution < 1.29 is 9.50 Å². The van der Waals surface area contributed by atoms with Gasteiger partial charge in [0.2, 0.25) is 0 Å². The molecular formula is C6H12FNO. The minimum Gasteiger partial charge on any atom is -0.392 e. The molecule has 54 valence electrons. The summed E-state index contributed by atoms with van der Waals surface area (Å²) in [7, 11) is 0. The maximum atomic E-state index is 11.9. The van der Waals surface area contributed by atoms with E-state index in [4.69, 9.17) is 5.11 Å². The highest BCUT2D eigenvalue weighted by molar-refractivity contribution is 4.68. The van der Waals surface area contributed by atoms with Crippen molar-refractivity contribution in [3.05, 3.63) is 0 Å². The van der Waals surface area contributed by atoms with Crippen LogP contribution in [0.3, 0.4) is 0 Å². The Hall–Kier alpha value is -0.150. The van der Waals surface area contributed by atoms with E-state index in [1.54, 1.807) is 4.90 Å². The van der Waals surface area contributed by atoms with Crippen molar-refractivity contribution in [2.24, 2.45) is 0 Å². The Kier molecular flexibility index (Phi) is 2.42. The van der Waals surface area contributed by atoms with Gasteiger partial charge >= 0.3 is 0 Å². The van der Waals surface area contributed by atoms with Gasteiger partial charge in [-0.1, -0.05) is 0 Å². The van der Waals surface area contributed by atoms with Gasteiger partial charge in [-0.2, -0.15) is 0 Å².